The fourth-order valence-electron chi connectivity index (χ4n) is 1.27. The highest BCUT2D eigenvalue weighted by molar-refractivity contribution is 5.82. The van der Waals surface area contributed by atoms with Crippen molar-refractivity contribution in [3.63, 3.8) is 0 Å². The summed E-state index contributed by atoms with van der Waals surface area (Å²) in [6, 6.07) is 9.63. The van der Waals surface area contributed by atoms with Crippen molar-refractivity contribution in [3.8, 4) is 0 Å². The van der Waals surface area contributed by atoms with Crippen molar-refractivity contribution < 1.29 is 9.34 Å². The number of non-ortho nitro benzene ring substituents is 1. The molecule has 0 amide bonds. The van der Waals surface area contributed by atoms with Crippen LogP contribution in [0.2, 0.25) is 0 Å². The molecule has 0 atom stereocenters. The molecule has 2 rings (SSSR count). The molecule has 1 heterocycles. The highest BCUT2D eigenvalue weighted by atomic mass is 16.6. The van der Waals surface area contributed by atoms with E-state index in [9.17, 15) is 10.1 Å². The van der Waals surface area contributed by atoms with Gasteiger partial charge in [0.1, 0.15) is 5.76 Å². The van der Waals surface area contributed by atoms with Gasteiger partial charge >= 0.3 is 0 Å². The van der Waals surface area contributed by atoms with Gasteiger partial charge in [-0.05, 0) is 12.1 Å². The molecule has 1 aromatic carbocycles. The van der Waals surface area contributed by atoms with E-state index in [1.54, 1.807) is 24.3 Å². The molecule has 0 aliphatic carbocycles. The molecule has 0 spiro atoms. The molecule has 2 aromatic rings. The van der Waals surface area contributed by atoms with Gasteiger partial charge in [0.2, 0.25) is 0 Å². The van der Waals surface area contributed by atoms with Crippen LogP contribution in [-0.2, 0) is 0 Å². The quantitative estimate of drug-likeness (QED) is 0.470. The number of nitro groups is 1. The lowest BCUT2D eigenvalue weighted by atomic mass is 10.2. The van der Waals surface area contributed by atoms with Gasteiger partial charge in [0.15, 0.2) is 0 Å². The summed E-state index contributed by atoms with van der Waals surface area (Å²) in [6.45, 7) is 0. The molecule has 0 radical (unpaired) electrons. The molecule has 0 unspecified atom stereocenters. The van der Waals surface area contributed by atoms with Crippen LogP contribution in [0.25, 0.3) is 0 Å². The van der Waals surface area contributed by atoms with Gasteiger partial charge in [-0.1, -0.05) is 12.1 Å². The lowest BCUT2D eigenvalue weighted by Crippen LogP contribution is -1.89. The Kier molecular flexibility index (Phi) is 3.60. The first kappa shape index (κ1) is 11.7. The van der Waals surface area contributed by atoms with Gasteiger partial charge < -0.3 is 4.42 Å². The van der Waals surface area contributed by atoms with Crippen LogP contribution in [0.5, 0.6) is 0 Å². The average Bonchev–Trinajstić information content (AvgIpc) is 2.88. The summed E-state index contributed by atoms with van der Waals surface area (Å²) in [5.74, 6) is 0.589. The molecule has 0 aliphatic heterocycles. The summed E-state index contributed by atoms with van der Waals surface area (Å²) in [7, 11) is 0. The Morgan fingerprint density at radius 2 is 2.00 bits per heavy atom. The molecule has 0 bridgehead atoms. The summed E-state index contributed by atoms with van der Waals surface area (Å²) in [4.78, 5) is 10.1. The molecular formula is C12H9N3O3. The van der Waals surface area contributed by atoms with Crippen molar-refractivity contribution in [3.05, 3.63) is 64.1 Å². The maximum absolute atomic E-state index is 10.6. The van der Waals surface area contributed by atoms with E-state index in [-0.39, 0.29) is 5.69 Å². The Labute approximate surface area is 102 Å². The van der Waals surface area contributed by atoms with Gasteiger partial charge in [-0.15, -0.1) is 0 Å². The third-order valence-corrected chi connectivity index (χ3v) is 2.08. The molecule has 0 saturated heterocycles. The number of hydrogen-bond acceptors (Lipinski definition) is 5. The average molecular weight is 243 g/mol. The van der Waals surface area contributed by atoms with Gasteiger partial charge in [0.25, 0.3) is 5.69 Å². The van der Waals surface area contributed by atoms with E-state index < -0.39 is 4.92 Å². The third-order valence-electron chi connectivity index (χ3n) is 2.08. The molecule has 0 aliphatic rings. The van der Waals surface area contributed by atoms with Crippen molar-refractivity contribution in [2.45, 2.75) is 0 Å². The Morgan fingerprint density at radius 3 is 2.72 bits per heavy atom. The maximum Gasteiger partial charge on any atom is 0.270 e. The van der Waals surface area contributed by atoms with Crippen LogP contribution in [-0.4, -0.2) is 17.4 Å². The molecular weight excluding hydrogens is 234 g/mol. The van der Waals surface area contributed by atoms with E-state index in [4.69, 9.17) is 4.42 Å². The molecule has 18 heavy (non-hydrogen) atoms. The highest BCUT2D eigenvalue weighted by Gasteiger charge is 2.03. The molecule has 0 N–H and O–H groups in total. The summed E-state index contributed by atoms with van der Waals surface area (Å²) in [5, 5.41) is 18.1. The second kappa shape index (κ2) is 5.53. The largest absolute Gasteiger partial charge is 0.463 e. The minimum absolute atomic E-state index is 0.0222. The minimum Gasteiger partial charge on any atom is -0.463 e. The Bertz CT molecular complexity index is 588. The SMILES string of the molecule is O=[N+]([O-])c1cccc(C=NN=Cc2ccco2)c1. The molecule has 6 heteroatoms. The van der Waals surface area contributed by atoms with Crippen LogP contribution < -0.4 is 0 Å². The first-order valence-electron chi connectivity index (χ1n) is 5.10. The molecule has 90 valence electrons. The Hall–Kier alpha value is -2.76. The second-order valence-corrected chi connectivity index (χ2v) is 3.36. The zero-order valence-electron chi connectivity index (χ0n) is 9.26. The lowest BCUT2D eigenvalue weighted by molar-refractivity contribution is -0.384. The summed E-state index contributed by atoms with van der Waals surface area (Å²) in [6.07, 6.45) is 4.42. The summed E-state index contributed by atoms with van der Waals surface area (Å²) < 4.78 is 5.02. The van der Waals surface area contributed by atoms with Crippen LogP contribution in [0.3, 0.4) is 0 Å². The molecule has 0 saturated carbocycles. The van der Waals surface area contributed by atoms with E-state index in [0.717, 1.165) is 0 Å². The minimum atomic E-state index is -0.455. The molecule has 6 nitrogen and oxygen atoms in total. The normalized spacial score (nSPS) is 11.3. The van der Waals surface area contributed by atoms with E-state index >= 15 is 0 Å². The van der Waals surface area contributed by atoms with Gasteiger partial charge in [0, 0.05) is 17.7 Å². The Balaban J connectivity index is 2.05. The number of nitro benzene ring substituents is 1. The predicted molar refractivity (Wildman–Crippen MR) is 67.0 cm³/mol. The van der Waals surface area contributed by atoms with Crippen LogP contribution in [0.15, 0.2) is 57.3 Å². The van der Waals surface area contributed by atoms with Gasteiger partial charge in [0.05, 0.1) is 23.6 Å². The van der Waals surface area contributed by atoms with Crippen molar-refractivity contribution in [2.75, 3.05) is 0 Å². The van der Waals surface area contributed by atoms with E-state index in [1.165, 1.54) is 30.8 Å². The van der Waals surface area contributed by atoms with Gasteiger partial charge in [-0.2, -0.15) is 10.2 Å². The first-order chi connectivity index (χ1) is 8.75. The zero-order chi connectivity index (χ0) is 12.8. The van der Waals surface area contributed by atoms with Gasteiger partial charge in [-0.25, -0.2) is 0 Å². The fraction of sp³-hybridized carbons (Fsp3) is 0. The lowest BCUT2D eigenvalue weighted by Gasteiger charge is -1.92. The van der Waals surface area contributed by atoms with E-state index in [2.05, 4.69) is 10.2 Å². The number of furan rings is 1. The standard InChI is InChI=1S/C12H9N3O3/c16-15(17)11-4-1-3-10(7-11)8-13-14-9-12-5-2-6-18-12/h1-9H. The van der Waals surface area contributed by atoms with Gasteiger partial charge in [-0.3, -0.25) is 10.1 Å². The van der Waals surface area contributed by atoms with Crippen molar-refractivity contribution in [2.24, 2.45) is 10.2 Å². The second-order valence-electron chi connectivity index (χ2n) is 3.36. The molecule has 0 fully saturated rings. The third kappa shape index (κ3) is 3.11. The number of hydrogen-bond donors (Lipinski definition) is 0. The number of benzene rings is 1. The van der Waals surface area contributed by atoms with Crippen LogP contribution in [0.1, 0.15) is 11.3 Å². The van der Waals surface area contributed by atoms with Crippen molar-refractivity contribution >= 4 is 18.1 Å². The Morgan fingerprint density at radius 1 is 1.17 bits per heavy atom. The summed E-state index contributed by atoms with van der Waals surface area (Å²) in [5.41, 5.74) is 0.634. The van der Waals surface area contributed by atoms with Crippen molar-refractivity contribution in [1.82, 2.24) is 0 Å². The summed E-state index contributed by atoms with van der Waals surface area (Å²) >= 11 is 0. The topological polar surface area (TPSA) is 81.0 Å². The smallest absolute Gasteiger partial charge is 0.270 e. The fourth-order valence-corrected chi connectivity index (χ4v) is 1.27. The predicted octanol–water partition coefficient (Wildman–Crippen LogP) is 2.64. The molecule has 1 aromatic heterocycles. The van der Waals surface area contributed by atoms with Crippen molar-refractivity contribution in [1.29, 1.82) is 0 Å². The zero-order valence-corrected chi connectivity index (χ0v) is 9.26. The van der Waals surface area contributed by atoms with Crippen LogP contribution >= 0.6 is 0 Å². The van der Waals surface area contributed by atoms with Crippen LogP contribution in [0.4, 0.5) is 5.69 Å². The van der Waals surface area contributed by atoms with E-state index in [1.807, 2.05) is 0 Å². The van der Waals surface area contributed by atoms with Crippen LogP contribution in [0, 0.1) is 10.1 Å². The maximum atomic E-state index is 10.6. The van der Waals surface area contributed by atoms with E-state index in [0.29, 0.717) is 11.3 Å². The first-order valence-corrected chi connectivity index (χ1v) is 5.10. The number of nitrogens with zero attached hydrogens (tertiary/aromatic N) is 3. The monoisotopic (exact) mass is 243 g/mol. The number of rotatable bonds is 4. The highest BCUT2D eigenvalue weighted by Crippen LogP contribution is 2.11.